The van der Waals surface area contributed by atoms with Crippen molar-refractivity contribution in [3.8, 4) is 11.5 Å². The second-order valence-electron chi connectivity index (χ2n) is 6.71. The van der Waals surface area contributed by atoms with Gasteiger partial charge in [0.05, 0.1) is 26.2 Å². The van der Waals surface area contributed by atoms with Crippen LogP contribution in [-0.4, -0.2) is 43.3 Å². The maximum Gasteiger partial charge on any atom is 0.306 e. The Morgan fingerprint density at radius 2 is 1.89 bits per heavy atom. The first-order valence-corrected chi connectivity index (χ1v) is 9.35. The van der Waals surface area contributed by atoms with Gasteiger partial charge in [0.15, 0.2) is 0 Å². The van der Waals surface area contributed by atoms with Gasteiger partial charge in [0.2, 0.25) is 0 Å². The fraction of sp³-hybridized carbons (Fsp3) is 0.381. The minimum Gasteiger partial charge on any atom is -0.497 e. The zero-order valence-electron chi connectivity index (χ0n) is 15.5. The van der Waals surface area contributed by atoms with Crippen LogP contribution in [0.5, 0.6) is 11.5 Å². The molecule has 1 saturated heterocycles. The molecule has 1 N–H and O–H groups in total. The third kappa shape index (κ3) is 4.37. The van der Waals surface area contributed by atoms with Crippen LogP contribution in [0.1, 0.15) is 30.0 Å². The number of piperidine rings is 1. The molecule has 0 aliphatic carbocycles. The van der Waals surface area contributed by atoms with Crippen molar-refractivity contribution in [2.24, 2.45) is 5.92 Å². The average molecular weight is 390 g/mol. The zero-order chi connectivity index (χ0) is 19.4. The van der Waals surface area contributed by atoms with Gasteiger partial charge in [-0.25, -0.2) is 0 Å². The molecule has 144 valence electrons. The van der Waals surface area contributed by atoms with Crippen molar-refractivity contribution >= 4 is 17.6 Å². The highest BCUT2D eigenvalue weighted by atomic mass is 35.5. The van der Waals surface area contributed by atoms with E-state index in [0.717, 1.165) is 22.6 Å². The maximum atomic E-state index is 11.3. The molecule has 1 aliphatic rings. The highest BCUT2D eigenvalue weighted by Crippen LogP contribution is 2.39. The number of methoxy groups -OCH3 is 2. The minimum atomic E-state index is -0.712. The molecule has 5 nitrogen and oxygen atoms in total. The van der Waals surface area contributed by atoms with Crippen molar-refractivity contribution in [2.45, 2.75) is 18.9 Å². The smallest absolute Gasteiger partial charge is 0.306 e. The van der Waals surface area contributed by atoms with E-state index in [9.17, 15) is 9.90 Å². The Bertz CT molecular complexity index is 803. The van der Waals surface area contributed by atoms with Crippen LogP contribution >= 0.6 is 11.6 Å². The molecular formula is C21H24ClNO4. The van der Waals surface area contributed by atoms with E-state index in [-0.39, 0.29) is 12.0 Å². The summed E-state index contributed by atoms with van der Waals surface area (Å²) in [5.41, 5.74) is 2.06. The summed E-state index contributed by atoms with van der Waals surface area (Å²) in [6.07, 6.45) is 1.26. The van der Waals surface area contributed by atoms with Crippen molar-refractivity contribution in [1.29, 1.82) is 0 Å². The Morgan fingerprint density at radius 3 is 2.48 bits per heavy atom. The summed E-state index contributed by atoms with van der Waals surface area (Å²) in [7, 11) is 3.27. The Kier molecular flexibility index (Phi) is 6.24. The van der Waals surface area contributed by atoms with E-state index in [1.54, 1.807) is 14.2 Å². The van der Waals surface area contributed by atoms with Crippen LogP contribution in [0.2, 0.25) is 5.02 Å². The molecule has 1 heterocycles. The van der Waals surface area contributed by atoms with Crippen molar-refractivity contribution in [1.82, 2.24) is 4.90 Å². The molecule has 0 aromatic heterocycles. The molecular weight excluding hydrogens is 366 g/mol. The van der Waals surface area contributed by atoms with Gasteiger partial charge in [-0.15, -0.1) is 0 Å². The van der Waals surface area contributed by atoms with E-state index < -0.39 is 5.97 Å². The Labute approximate surface area is 164 Å². The summed E-state index contributed by atoms with van der Waals surface area (Å²) < 4.78 is 11.0. The topological polar surface area (TPSA) is 59.0 Å². The van der Waals surface area contributed by atoms with Crippen molar-refractivity contribution < 1.29 is 19.4 Å². The third-order valence-electron chi connectivity index (χ3n) is 5.14. The molecule has 1 unspecified atom stereocenters. The Balaban J connectivity index is 2.00. The normalized spacial score (nSPS) is 16.7. The van der Waals surface area contributed by atoms with Crippen molar-refractivity contribution in [3.05, 3.63) is 58.6 Å². The number of halogens is 1. The van der Waals surface area contributed by atoms with Gasteiger partial charge in [-0.1, -0.05) is 23.7 Å². The second-order valence-corrected chi connectivity index (χ2v) is 7.15. The highest BCUT2D eigenvalue weighted by Gasteiger charge is 2.31. The summed E-state index contributed by atoms with van der Waals surface area (Å²) >= 11 is 6.25. The lowest BCUT2D eigenvalue weighted by atomic mass is 9.91. The van der Waals surface area contributed by atoms with Gasteiger partial charge < -0.3 is 14.6 Å². The number of carboxylic acids is 1. The number of hydrogen-bond donors (Lipinski definition) is 1. The highest BCUT2D eigenvalue weighted by molar-refractivity contribution is 6.30. The second kappa shape index (κ2) is 8.63. The first-order chi connectivity index (χ1) is 13.0. The zero-order valence-corrected chi connectivity index (χ0v) is 16.3. The van der Waals surface area contributed by atoms with E-state index >= 15 is 0 Å². The fourth-order valence-corrected chi connectivity index (χ4v) is 3.91. The van der Waals surface area contributed by atoms with Crippen LogP contribution in [0.4, 0.5) is 0 Å². The summed E-state index contributed by atoms with van der Waals surface area (Å²) in [5.74, 6) is 0.472. The lowest BCUT2D eigenvalue weighted by molar-refractivity contribution is -0.143. The first-order valence-electron chi connectivity index (χ1n) is 8.97. The van der Waals surface area contributed by atoms with Gasteiger partial charge >= 0.3 is 5.97 Å². The Hall–Kier alpha value is -2.24. The fourth-order valence-electron chi connectivity index (χ4n) is 3.71. The summed E-state index contributed by atoms with van der Waals surface area (Å²) in [6, 6.07) is 13.5. The molecule has 1 aliphatic heterocycles. The lowest BCUT2D eigenvalue weighted by Crippen LogP contribution is -2.39. The number of carboxylic acid groups (broad SMARTS) is 1. The van der Waals surface area contributed by atoms with Crippen LogP contribution < -0.4 is 9.47 Å². The number of rotatable bonds is 6. The number of nitrogens with zero attached hydrogens (tertiary/aromatic N) is 1. The molecule has 6 heteroatoms. The van der Waals surface area contributed by atoms with Crippen LogP contribution in [0.25, 0.3) is 0 Å². The minimum absolute atomic E-state index is 0.0701. The number of hydrogen-bond acceptors (Lipinski definition) is 4. The number of likely N-dealkylation sites (tertiary alicyclic amines) is 1. The number of benzene rings is 2. The molecule has 0 spiro atoms. The summed E-state index contributed by atoms with van der Waals surface area (Å²) in [4.78, 5) is 13.6. The van der Waals surface area contributed by atoms with Crippen LogP contribution in [0.3, 0.4) is 0 Å². The molecule has 0 bridgehead atoms. The van der Waals surface area contributed by atoms with Gasteiger partial charge in [-0.3, -0.25) is 9.69 Å². The van der Waals surface area contributed by atoms with E-state index in [2.05, 4.69) is 4.90 Å². The van der Waals surface area contributed by atoms with Gasteiger partial charge in [0.25, 0.3) is 0 Å². The SMILES string of the molecule is COc1ccc(C(c2cccc(Cl)c2)N2CCC(C(=O)O)CC2)c(OC)c1. The molecule has 0 amide bonds. The monoisotopic (exact) mass is 389 g/mol. The molecule has 2 aromatic rings. The van der Waals surface area contributed by atoms with E-state index in [1.165, 1.54) is 0 Å². The van der Waals surface area contributed by atoms with Gasteiger partial charge in [-0.2, -0.15) is 0 Å². The number of aliphatic carboxylic acids is 1. The predicted molar refractivity (Wildman–Crippen MR) is 105 cm³/mol. The first kappa shape index (κ1) is 19.5. The van der Waals surface area contributed by atoms with Gasteiger partial charge in [0, 0.05) is 16.7 Å². The lowest BCUT2D eigenvalue weighted by Gasteiger charge is -2.37. The molecule has 0 radical (unpaired) electrons. The van der Waals surface area contributed by atoms with E-state index in [4.69, 9.17) is 21.1 Å². The quantitative estimate of drug-likeness (QED) is 0.800. The van der Waals surface area contributed by atoms with Crippen molar-refractivity contribution in [3.63, 3.8) is 0 Å². The standard InChI is InChI=1S/C21H24ClNO4/c1-26-17-6-7-18(19(13-17)27-2)20(15-4-3-5-16(22)12-15)23-10-8-14(9-11-23)21(24)25/h3-7,12-14,20H,8-11H2,1-2H3,(H,24,25). The molecule has 2 aromatic carbocycles. The van der Waals surface area contributed by atoms with E-state index in [1.807, 2.05) is 42.5 Å². The van der Waals surface area contributed by atoms with Crippen LogP contribution in [0.15, 0.2) is 42.5 Å². The summed E-state index contributed by atoms with van der Waals surface area (Å²) in [5, 5.41) is 9.98. The molecule has 1 fully saturated rings. The Morgan fingerprint density at radius 1 is 1.15 bits per heavy atom. The summed E-state index contributed by atoms with van der Waals surface area (Å²) in [6.45, 7) is 1.40. The van der Waals surface area contributed by atoms with Gasteiger partial charge in [-0.05, 0) is 55.8 Å². The predicted octanol–water partition coefficient (Wildman–Crippen LogP) is 4.24. The molecule has 1 atom stereocenters. The largest absolute Gasteiger partial charge is 0.497 e. The van der Waals surface area contributed by atoms with Crippen molar-refractivity contribution in [2.75, 3.05) is 27.3 Å². The number of ether oxygens (including phenoxy) is 2. The van der Waals surface area contributed by atoms with E-state index in [0.29, 0.717) is 31.0 Å². The molecule has 27 heavy (non-hydrogen) atoms. The maximum absolute atomic E-state index is 11.3. The molecule has 3 rings (SSSR count). The average Bonchev–Trinajstić information content (AvgIpc) is 2.69. The van der Waals surface area contributed by atoms with Gasteiger partial charge in [0.1, 0.15) is 11.5 Å². The van der Waals surface area contributed by atoms with Crippen LogP contribution in [0, 0.1) is 5.92 Å². The number of carbonyl (C=O) groups is 1. The third-order valence-corrected chi connectivity index (χ3v) is 5.38. The van der Waals surface area contributed by atoms with Crippen LogP contribution in [-0.2, 0) is 4.79 Å². The molecule has 0 saturated carbocycles.